The highest BCUT2D eigenvalue weighted by atomic mass is 79.9. The Labute approximate surface area is 133 Å². The van der Waals surface area contributed by atoms with Crippen LogP contribution >= 0.6 is 15.9 Å². The maximum absolute atomic E-state index is 13.0. The Morgan fingerprint density at radius 1 is 1.14 bits per heavy atom. The highest BCUT2D eigenvalue weighted by Crippen LogP contribution is 2.29. The van der Waals surface area contributed by atoms with Crippen LogP contribution in [0, 0.1) is 6.92 Å². The van der Waals surface area contributed by atoms with Gasteiger partial charge in [0.2, 0.25) is 0 Å². The number of hydrogen-bond donors (Lipinski definition) is 1. The molecule has 112 valence electrons. The number of anilines is 2. The van der Waals surface area contributed by atoms with Crippen molar-refractivity contribution in [3.63, 3.8) is 0 Å². The van der Waals surface area contributed by atoms with E-state index in [9.17, 15) is 8.78 Å². The lowest BCUT2D eigenvalue weighted by Gasteiger charge is -2.12. The van der Waals surface area contributed by atoms with Gasteiger partial charge in [-0.3, -0.25) is 4.98 Å². The van der Waals surface area contributed by atoms with E-state index >= 15 is 0 Å². The Morgan fingerprint density at radius 3 is 2.73 bits per heavy atom. The third-order valence-corrected chi connectivity index (χ3v) is 4.05. The summed E-state index contributed by atoms with van der Waals surface area (Å²) >= 11 is 3.44. The third kappa shape index (κ3) is 2.76. The first kappa shape index (κ1) is 14.8. The number of nitrogens with one attached hydrogen (secondary N) is 1. The van der Waals surface area contributed by atoms with Gasteiger partial charge in [0.25, 0.3) is 6.43 Å². The van der Waals surface area contributed by atoms with E-state index in [-0.39, 0.29) is 5.82 Å². The minimum Gasteiger partial charge on any atom is -0.338 e. The number of nitrogens with zero attached hydrogens (tertiary/aromatic N) is 3. The van der Waals surface area contributed by atoms with Crippen molar-refractivity contribution in [2.75, 3.05) is 5.32 Å². The van der Waals surface area contributed by atoms with Gasteiger partial charge < -0.3 is 5.32 Å². The van der Waals surface area contributed by atoms with Gasteiger partial charge in [-0.05, 0) is 36.8 Å². The minimum atomic E-state index is -2.74. The smallest absolute Gasteiger partial charge is 0.297 e. The van der Waals surface area contributed by atoms with Crippen molar-refractivity contribution >= 4 is 38.5 Å². The molecule has 3 aromatic rings. The van der Waals surface area contributed by atoms with E-state index in [1.54, 1.807) is 18.3 Å². The summed E-state index contributed by atoms with van der Waals surface area (Å²) in [6.45, 7) is 1.91. The number of halogens is 3. The van der Waals surface area contributed by atoms with Crippen LogP contribution in [0.1, 0.15) is 17.8 Å². The fraction of sp³-hybridized carbons (Fsp3) is 0.133. The number of hydrogen-bond acceptors (Lipinski definition) is 4. The van der Waals surface area contributed by atoms with Crippen molar-refractivity contribution in [2.45, 2.75) is 13.3 Å². The highest BCUT2D eigenvalue weighted by molar-refractivity contribution is 9.10. The summed E-state index contributed by atoms with van der Waals surface area (Å²) in [6.07, 6.45) is -1.17. The van der Waals surface area contributed by atoms with Gasteiger partial charge in [-0.15, -0.1) is 0 Å². The van der Waals surface area contributed by atoms with Crippen molar-refractivity contribution in [3.05, 3.63) is 52.4 Å². The van der Waals surface area contributed by atoms with E-state index < -0.39 is 12.2 Å². The molecule has 0 saturated heterocycles. The quantitative estimate of drug-likeness (QED) is 0.726. The van der Waals surface area contributed by atoms with E-state index in [2.05, 4.69) is 36.2 Å². The van der Waals surface area contributed by atoms with Gasteiger partial charge in [0.15, 0.2) is 11.6 Å². The fourth-order valence-corrected chi connectivity index (χ4v) is 2.41. The summed E-state index contributed by atoms with van der Waals surface area (Å²) in [5.41, 5.74) is 2.54. The number of alkyl halides is 2. The van der Waals surface area contributed by atoms with Crippen molar-refractivity contribution in [2.24, 2.45) is 0 Å². The number of pyridine rings is 1. The lowest BCUT2D eigenvalue weighted by atomic mass is 10.2. The first-order valence-electron chi connectivity index (χ1n) is 6.49. The van der Waals surface area contributed by atoms with Crippen LogP contribution < -0.4 is 5.32 Å². The molecular formula is C15H11BrF2N4. The summed E-state index contributed by atoms with van der Waals surface area (Å²) in [6, 6.07) is 8.89. The van der Waals surface area contributed by atoms with E-state index in [4.69, 9.17) is 0 Å². The molecule has 1 N–H and O–H groups in total. The minimum absolute atomic E-state index is 0.266. The van der Waals surface area contributed by atoms with Crippen LogP contribution in [0.3, 0.4) is 0 Å². The molecule has 0 spiro atoms. The summed E-state index contributed by atoms with van der Waals surface area (Å²) in [7, 11) is 0. The van der Waals surface area contributed by atoms with Gasteiger partial charge in [-0.2, -0.15) is 0 Å². The van der Waals surface area contributed by atoms with Crippen LogP contribution in [0.25, 0.3) is 11.0 Å². The first-order chi connectivity index (χ1) is 10.6. The van der Waals surface area contributed by atoms with Crippen LogP contribution in [0.15, 0.2) is 41.0 Å². The molecule has 0 fully saturated rings. The summed E-state index contributed by atoms with van der Waals surface area (Å²) < 4.78 is 26.9. The zero-order chi connectivity index (χ0) is 15.7. The zero-order valence-corrected chi connectivity index (χ0v) is 13.1. The number of benzene rings is 1. The molecule has 0 radical (unpaired) electrons. The molecule has 4 nitrogen and oxygen atoms in total. The summed E-state index contributed by atoms with van der Waals surface area (Å²) in [5.74, 6) is -0.252. The molecule has 0 aliphatic carbocycles. The fourth-order valence-electron chi connectivity index (χ4n) is 2.04. The normalized spacial score (nSPS) is 11.1. The van der Waals surface area contributed by atoms with E-state index in [1.165, 1.54) is 0 Å². The van der Waals surface area contributed by atoms with E-state index in [0.29, 0.717) is 11.0 Å². The average molecular weight is 365 g/mol. The Balaban J connectivity index is 2.15. The van der Waals surface area contributed by atoms with Crippen LogP contribution in [0.2, 0.25) is 0 Å². The molecule has 3 rings (SSSR count). The van der Waals surface area contributed by atoms with Crippen molar-refractivity contribution in [1.82, 2.24) is 15.0 Å². The maximum Gasteiger partial charge on any atom is 0.297 e. The molecule has 22 heavy (non-hydrogen) atoms. The van der Waals surface area contributed by atoms with Gasteiger partial charge in [0.1, 0.15) is 5.52 Å². The van der Waals surface area contributed by atoms with Gasteiger partial charge in [0, 0.05) is 16.4 Å². The molecule has 2 aromatic heterocycles. The van der Waals surface area contributed by atoms with Crippen LogP contribution in [-0.4, -0.2) is 15.0 Å². The highest BCUT2D eigenvalue weighted by Gasteiger charge is 2.16. The zero-order valence-electron chi connectivity index (χ0n) is 11.5. The number of rotatable bonds is 3. The van der Waals surface area contributed by atoms with Gasteiger partial charge >= 0.3 is 0 Å². The predicted octanol–water partition coefficient (Wildman–Crippen LogP) is 4.78. The Kier molecular flexibility index (Phi) is 3.98. The van der Waals surface area contributed by atoms with Gasteiger partial charge in [-0.25, -0.2) is 18.7 Å². The maximum atomic E-state index is 13.0. The predicted molar refractivity (Wildman–Crippen MR) is 84.5 cm³/mol. The van der Waals surface area contributed by atoms with Crippen molar-refractivity contribution in [1.29, 1.82) is 0 Å². The molecule has 0 bridgehead atoms. The molecule has 0 amide bonds. The molecule has 0 saturated carbocycles. The topological polar surface area (TPSA) is 50.7 Å². The second-order valence-corrected chi connectivity index (χ2v) is 5.49. The second kappa shape index (κ2) is 5.92. The lowest BCUT2D eigenvalue weighted by Crippen LogP contribution is -2.04. The van der Waals surface area contributed by atoms with Crippen molar-refractivity contribution < 1.29 is 8.78 Å². The largest absolute Gasteiger partial charge is 0.338 e. The molecule has 2 heterocycles. The second-order valence-electron chi connectivity index (χ2n) is 4.64. The van der Waals surface area contributed by atoms with Crippen LogP contribution in [0.4, 0.5) is 20.3 Å². The molecule has 0 atom stereocenters. The molecule has 0 unspecified atom stereocenters. The Morgan fingerprint density at radius 2 is 1.95 bits per heavy atom. The average Bonchev–Trinajstić information content (AvgIpc) is 2.51. The molecule has 0 aliphatic rings. The molecule has 7 heteroatoms. The third-order valence-electron chi connectivity index (χ3n) is 3.19. The monoisotopic (exact) mass is 364 g/mol. The lowest BCUT2D eigenvalue weighted by molar-refractivity contribution is 0.141. The Bertz CT molecular complexity index is 839. The molecular weight excluding hydrogens is 354 g/mol. The number of aromatic nitrogens is 3. The number of fused-ring (bicyclic) bond motifs is 1. The van der Waals surface area contributed by atoms with Gasteiger partial charge in [-0.1, -0.05) is 22.0 Å². The molecule has 0 aliphatic heterocycles. The van der Waals surface area contributed by atoms with Crippen LogP contribution in [-0.2, 0) is 0 Å². The van der Waals surface area contributed by atoms with Gasteiger partial charge in [0.05, 0.1) is 5.52 Å². The summed E-state index contributed by atoms with van der Waals surface area (Å²) in [4.78, 5) is 11.9. The SMILES string of the molecule is Cc1c(Br)cccc1Nc1nc(C(F)F)nc2cccnc12. The first-order valence-corrected chi connectivity index (χ1v) is 7.28. The van der Waals surface area contributed by atoms with Crippen LogP contribution in [0.5, 0.6) is 0 Å². The Hall–Kier alpha value is -2.15. The van der Waals surface area contributed by atoms with E-state index in [0.717, 1.165) is 15.7 Å². The van der Waals surface area contributed by atoms with Crippen molar-refractivity contribution in [3.8, 4) is 0 Å². The summed E-state index contributed by atoms with van der Waals surface area (Å²) in [5, 5.41) is 3.07. The molecule has 1 aromatic carbocycles. The van der Waals surface area contributed by atoms with E-state index in [1.807, 2.05) is 25.1 Å². The standard InChI is InChI=1S/C15H11BrF2N4/c1-8-9(16)4-2-5-10(8)20-14-12-11(6-3-7-19-12)21-15(22-14)13(17)18/h2-7,13H,1H3,(H,20,21,22).